The molecule has 0 atom stereocenters. The number of rotatable bonds is 2. The summed E-state index contributed by atoms with van der Waals surface area (Å²) in [5.41, 5.74) is 0.345. The molecule has 0 saturated heterocycles. The molecule has 0 spiro atoms. The van der Waals surface area contributed by atoms with Crippen LogP contribution in [0.4, 0.5) is 8.78 Å². The quantitative estimate of drug-likeness (QED) is 0.579. The molecule has 0 aliphatic rings. The summed E-state index contributed by atoms with van der Waals surface area (Å²) in [4.78, 5) is 3.53. The molecule has 1 aromatic rings. The van der Waals surface area contributed by atoms with E-state index in [-0.39, 0.29) is 10.8 Å². The van der Waals surface area contributed by atoms with Crippen LogP contribution in [0.3, 0.4) is 0 Å². The highest BCUT2D eigenvalue weighted by molar-refractivity contribution is 9.10. The molecule has 72 valence electrons. The molecule has 0 fully saturated rings. The Morgan fingerprint density at radius 1 is 1.54 bits per heavy atom. The van der Waals surface area contributed by atoms with Crippen molar-refractivity contribution in [2.45, 2.75) is 11.8 Å². The van der Waals surface area contributed by atoms with Crippen LogP contribution < -0.4 is 0 Å². The maximum atomic E-state index is 12.4. The predicted molar refractivity (Wildman–Crippen MR) is 54.5 cm³/mol. The Bertz CT molecular complexity index is 320. The minimum atomic E-state index is -2.62. The summed E-state index contributed by atoms with van der Waals surface area (Å²) in [7, 11) is 0. The molecule has 0 radical (unpaired) electrons. The number of halogens is 5. The minimum absolute atomic E-state index is 0.0768. The van der Waals surface area contributed by atoms with Gasteiger partial charge in [-0.15, -0.1) is 0 Å². The fourth-order valence-corrected chi connectivity index (χ4v) is 2.37. The Labute approximate surface area is 95.8 Å². The molecule has 1 nitrogen and oxygen atoms in total. The lowest BCUT2D eigenvalue weighted by Gasteiger charge is -2.06. The zero-order valence-electron chi connectivity index (χ0n) is 6.20. The molecule has 6 heteroatoms. The van der Waals surface area contributed by atoms with Gasteiger partial charge in [-0.25, -0.2) is 13.8 Å². The lowest BCUT2D eigenvalue weighted by molar-refractivity contribution is 0.145. The van der Waals surface area contributed by atoms with E-state index >= 15 is 0 Å². The van der Waals surface area contributed by atoms with Crippen molar-refractivity contribution in [3.63, 3.8) is 0 Å². The van der Waals surface area contributed by atoms with E-state index in [9.17, 15) is 8.78 Å². The van der Waals surface area contributed by atoms with Crippen molar-refractivity contribution in [3.8, 4) is 0 Å². The maximum absolute atomic E-state index is 12.4. The smallest absolute Gasteiger partial charge is 0.234 e. The van der Waals surface area contributed by atoms with Crippen LogP contribution in [0.25, 0.3) is 0 Å². The molecular formula is C7H4Br2ClF2N. The third-order valence-electron chi connectivity index (χ3n) is 1.38. The van der Waals surface area contributed by atoms with Gasteiger partial charge < -0.3 is 0 Å². The second kappa shape index (κ2) is 4.66. The van der Waals surface area contributed by atoms with E-state index in [2.05, 4.69) is 36.8 Å². The Balaban J connectivity index is 3.27. The number of hydrogen-bond donors (Lipinski definition) is 0. The monoisotopic (exact) mass is 333 g/mol. The highest BCUT2D eigenvalue weighted by Crippen LogP contribution is 2.31. The first-order valence-electron chi connectivity index (χ1n) is 3.25. The highest BCUT2D eigenvalue weighted by Gasteiger charge is 2.17. The summed E-state index contributed by atoms with van der Waals surface area (Å²) in [6.45, 7) is 0. The van der Waals surface area contributed by atoms with Crippen LogP contribution in [0, 0.1) is 0 Å². The first-order valence-corrected chi connectivity index (χ1v) is 5.54. The van der Waals surface area contributed by atoms with Crippen molar-refractivity contribution in [2.24, 2.45) is 0 Å². The van der Waals surface area contributed by atoms with Gasteiger partial charge in [-0.3, -0.25) is 0 Å². The van der Waals surface area contributed by atoms with Gasteiger partial charge in [-0.1, -0.05) is 27.5 Å². The maximum Gasteiger partial charge on any atom is 0.281 e. The van der Waals surface area contributed by atoms with Crippen molar-refractivity contribution in [2.75, 3.05) is 0 Å². The van der Waals surface area contributed by atoms with E-state index in [4.69, 9.17) is 11.6 Å². The number of nitrogens with zero attached hydrogens (tertiary/aromatic N) is 1. The van der Waals surface area contributed by atoms with Gasteiger partial charge in [-0.2, -0.15) is 0 Å². The summed E-state index contributed by atoms with van der Waals surface area (Å²) in [6, 6.07) is 1.53. The molecule has 0 amide bonds. The molecule has 1 heterocycles. The third-order valence-corrected chi connectivity index (χ3v) is 3.09. The van der Waals surface area contributed by atoms with Gasteiger partial charge in [0.2, 0.25) is 0 Å². The lowest BCUT2D eigenvalue weighted by Crippen LogP contribution is -1.96. The van der Waals surface area contributed by atoms with E-state index in [1.807, 2.05) is 0 Å². The Morgan fingerprint density at radius 3 is 2.62 bits per heavy atom. The highest BCUT2D eigenvalue weighted by atomic mass is 79.9. The van der Waals surface area contributed by atoms with Gasteiger partial charge in [0.15, 0.2) is 0 Å². The van der Waals surface area contributed by atoms with Crippen molar-refractivity contribution < 1.29 is 8.78 Å². The van der Waals surface area contributed by atoms with Gasteiger partial charge in [-0.05, 0) is 27.6 Å². The predicted octanol–water partition coefficient (Wildman–Crippen LogP) is 4.33. The zero-order valence-corrected chi connectivity index (χ0v) is 10.1. The first kappa shape index (κ1) is 11.3. The molecule has 0 aliphatic carbocycles. The van der Waals surface area contributed by atoms with Crippen molar-refractivity contribution in [1.82, 2.24) is 4.98 Å². The summed E-state index contributed by atoms with van der Waals surface area (Å²) in [5, 5.41) is 0.531. The van der Waals surface area contributed by atoms with Crippen LogP contribution in [0.1, 0.15) is 17.7 Å². The van der Waals surface area contributed by atoms with E-state index < -0.39 is 6.43 Å². The molecule has 1 rings (SSSR count). The number of alkyl halides is 3. The Morgan fingerprint density at radius 2 is 2.15 bits per heavy atom. The van der Waals surface area contributed by atoms with E-state index in [1.165, 1.54) is 6.07 Å². The van der Waals surface area contributed by atoms with E-state index in [1.54, 1.807) is 0 Å². The van der Waals surface area contributed by atoms with Crippen molar-refractivity contribution in [1.29, 1.82) is 0 Å². The second-order valence-electron chi connectivity index (χ2n) is 2.24. The third kappa shape index (κ3) is 2.60. The van der Waals surface area contributed by atoms with Gasteiger partial charge in [0.05, 0.1) is 0 Å². The summed E-state index contributed by atoms with van der Waals surface area (Å²) in [5.74, 6) is 0. The van der Waals surface area contributed by atoms with Crippen LogP contribution in [-0.4, -0.2) is 4.98 Å². The van der Waals surface area contributed by atoms with Gasteiger partial charge >= 0.3 is 0 Å². The van der Waals surface area contributed by atoms with Crippen LogP contribution in [-0.2, 0) is 5.33 Å². The van der Waals surface area contributed by atoms with Crippen LogP contribution in [0.2, 0.25) is 5.15 Å². The Kier molecular flexibility index (Phi) is 4.06. The molecule has 0 aromatic carbocycles. The summed E-state index contributed by atoms with van der Waals surface area (Å²) < 4.78 is 25.0. The average molecular weight is 335 g/mol. The number of aromatic nitrogens is 1. The minimum Gasteiger partial charge on any atom is -0.234 e. The topological polar surface area (TPSA) is 12.9 Å². The molecular weight excluding hydrogens is 331 g/mol. The lowest BCUT2D eigenvalue weighted by atomic mass is 10.2. The van der Waals surface area contributed by atoms with Crippen LogP contribution in [0.15, 0.2) is 10.5 Å². The number of pyridine rings is 1. The van der Waals surface area contributed by atoms with Gasteiger partial charge in [0.25, 0.3) is 6.43 Å². The van der Waals surface area contributed by atoms with Crippen LogP contribution >= 0.6 is 43.5 Å². The van der Waals surface area contributed by atoms with E-state index in [0.29, 0.717) is 15.4 Å². The normalized spacial score (nSPS) is 10.9. The summed E-state index contributed by atoms with van der Waals surface area (Å²) in [6.07, 6.45) is -2.62. The zero-order chi connectivity index (χ0) is 10.0. The molecule has 0 N–H and O–H groups in total. The summed E-state index contributed by atoms with van der Waals surface area (Å²) >= 11 is 11.8. The fourth-order valence-electron chi connectivity index (χ4n) is 0.810. The van der Waals surface area contributed by atoms with Crippen molar-refractivity contribution >= 4 is 43.5 Å². The van der Waals surface area contributed by atoms with Crippen LogP contribution in [0.5, 0.6) is 0 Å². The molecule has 0 saturated carbocycles. The molecule has 13 heavy (non-hydrogen) atoms. The van der Waals surface area contributed by atoms with E-state index in [0.717, 1.165) is 0 Å². The first-order chi connectivity index (χ1) is 6.06. The fraction of sp³-hybridized carbons (Fsp3) is 0.286. The van der Waals surface area contributed by atoms with Gasteiger partial charge in [0.1, 0.15) is 10.8 Å². The SMILES string of the molecule is FC(F)c1nc(Cl)cc(CBr)c1Br. The molecule has 0 unspecified atom stereocenters. The standard InChI is InChI=1S/C7H4Br2ClF2N/c8-2-3-1-4(10)13-6(5(3)9)7(11)12/h1,7H,2H2. The molecule has 0 aliphatic heterocycles. The van der Waals surface area contributed by atoms with Crippen molar-refractivity contribution in [3.05, 3.63) is 26.9 Å². The second-order valence-corrected chi connectivity index (χ2v) is 3.98. The number of hydrogen-bond acceptors (Lipinski definition) is 1. The average Bonchev–Trinajstić information content (AvgIpc) is 2.08. The largest absolute Gasteiger partial charge is 0.281 e. The molecule has 0 bridgehead atoms. The molecule has 1 aromatic heterocycles. The Hall–Kier alpha value is 0.260. The van der Waals surface area contributed by atoms with Gasteiger partial charge in [0, 0.05) is 9.80 Å².